The van der Waals surface area contributed by atoms with Crippen molar-refractivity contribution in [2.45, 2.75) is 26.2 Å². The molecule has 0 bridgehead atoms. The van der Waals surface area contributed by atoms with Crippen molar-refractivity contribution in [1.29, 1.82) is 0 Å². The lowest BCUT2D eigenvalue weighted by molar-refractivity contribution is -0.120. The highest BCUT2D eigenvalue weighted by Gasteiger charge is 2.29. The summed E-state index contributed by atoms with van der Waals surface area (Å²) in [5.74, 6) is -0.418. The first-order valence-electron chi connectivity index (χ1n) is 6.54. The van der Waals surface area contributed by atoms with Crippen molar-refractivity contribution in [2.75, 3.05) is 5.32 Å². The fourth-order valence-electron chi connectivity index (χ4n) is 2.01. The van der Waals surface area contributed by atoms with Crippen molar-refractivity contribution in [3.8, 4) is 0 Å². The molecule has 0 saturated carbocycles. The SMILES string of the molecule is Cc1cccc(NC(=O)C(C)(C)c2ccc(F)cc2)c1. The van der Waals surface area contributed by atoms with Crippen LogP contribution in [0.5, 0.6) is 0 Å². The molecule has 0 aliphatic carbocycles. The molecule has 0 saturated heterocycles. The van der Waals surface area contributed by atoms with E-state index in [2.05, 4.69) is 5.32 Å². The quantitative estimate of drug-likeness (QED) is 0.896. The summed E-state index contributed by atoms with van der Waals surface area (Å²) < 4.78 is 13.0. The van der Waals surface area contributed by atoms with Crippen molar-refractivity contribution in [3.63, 3.8) is 0 Å². The number of anilines is 1. The highest BCUT2D eigenvalue weighted by molar-refractivity contribution is 5.98. The van der Waals surface area contributed by atoms with Crippen LogP contribution >= 0.6 is 0 Å². The molecule has 1 N–H and O–H groups in total. The Kier molecular flexibility index (Phi) is 3.89. The molecule has 0 radical (unpaired) electrons. The van der Waals surface area contributed by atoms with Gasteiger partial charge in [-0.15, -0.1) is 0 Å². The molecule has 0 fully saturated rings. The van der Waals surface area contributed by atoms with Crippen LogP contribution in [0.15, 0.2) is 48.5 Å². The van der Waals surface area contributed by atoms with Crippen molar-refractivity contribution in [1.82, 2.24) is 0 Å². The van der Waals surface area contributed by atoms with Gasteiger partial charge in [0, 0.05) is 5.69 Å². The molecule has 0 aromatic heterocycles. The maximum Gasteiger partial charge on any atom is 0.234 e. The molecule has 2 aromatic carbocycles. The number of carbonyl (C=O) groups excluding carboxylic acids is 1. The van der Waals surface area contributed by atoms with Crippen molar-refractivity contribution in [2.24, 2.45) is 0 Å². The fraction of sp³-hybridized carbons (Fsp3) is 0.235. The molecule has 0 heterocycles. The van der Waals surface area contributed by atoms with E-state index in [0.717, 1.165) is 16.8 Å². The van der Waals surface area contributed by atoms with E-state index in [1.807, 2.05) is 45.0 Å². The van der Waals surface area contributed by atoms with Crippen LogP contribution in [0.2, 0.25) is 0 Å². The molecule has 0 spiro atoms. The first kappa shape index (κ1) is 14.3. The Bertz CT molecular complexity index is 617. The van der Waals surface area contributed by atoms with Crippen LogP contribution < -0.4 is 5.32 Å². The van der Waals surface area contributed by atoms with Gasteiger partial charge in [0.15, 0.2) is 0 Å². The van der Waals surface area contributed by atoms with Gasteiger partial charge >= 0.3 is 0 Å². The van der Waals surface area contributed by atoms with Crippen LogP contribution in [0.3, 0.4) is 0 Å². The van der Waals surface area contributed by atoms with E-state index < -0.39 is 5.41 Å². The zero-order valence-electron chi connectivity index (χ0n) is 11.9. The highest BCUT2D eigenvalue weighted by Crippen LogP contribution is 2.25. The van der Waals surface area contributed by atoms with Crippen LogP contribution in [-0.2, 0) is 10.2 Å². The number of amides is 1. The molecular formula is C17H18FNO. The Morgan fingerprint density at radius 2 is 1.75 bits per heavy atom. The number of benzene rings is 2. The van der Waals surface area contributed by atoms with Gasteiger partial charge in [-0.05, 0) is 56.2 Å². The minimum absolute atomic E-state index is 0.116. The Morgan fingerprint density at radius 3 is 2.35 bits per heavy atom. The second-order valence-corrected chi connectivity index (χ2v) is 5.46. The third-order valence-electron chi connectivity index (χ3n) is 3.41. The van der Waals surface area contributed by atoms with Crippen molar-refractivity contribution >= 4 is 11.6 Å². The molecule has 3 heteroatoms. The van der Waals surface area contributed by atoms with Crippen molar-refractivity contribution < 1.29 is 9.18 Å². The lowest BCUT2D eigenvalue weighted by Gasteiger charge is -2.24. The molecule has 0 aliphatic rings. The minimum Gasteiger partial charge on any atom is -0.325 e. The van der Waals surface area contributed by atoms with Gasteiger partial charge in [0.2, 0.25) is 5.91 Å². The van der Waals surface area contributed by atoms with Crippen LogP contribution in [0.25, 0.3) is 0 Å². The smallest absolute Gasteiger partial charge is 0.234 e. The Morgan fingerprint density at radius 1 is 1.10 bits per heavy atom. The second kappa shape index (κ2) is 5.45. The molecule has 0 aliphatic heterocycles. The summed E-state index contributed by atoms with van der Waals surface area (Å²) >= 11 is 0. The first-order valence-corrected chi connectivity index (χ1v) is 6.54. The van der Waals surface area contributed by atoms with Gasteiger partial charge < -0.3 is 5.32 Å². The second-order valence-electron chi connectivity index (χ2n) is 5.46. The van der Waals surface area contributed by atoms with Crippen LogP contribution in [0.4, 0.5) is 10.1 Å². The number of carbonyl (C=O) groups is 1. The summed E-state index contributed by atoms with van der Waals surface area (Å²) in [6.45, 7) is 5.62. The lowest BCUT2D eigenvalue weighted by Crippen LogP contribution is -2.34. The first-order chi connectivity index (χ1) is 9.39. The van der Waals surface area contributed by atoms with E-state index >= 15 is 0 Å². The van der Waals surface area contributed by atoms with Gasteiger partial charge in [0.1, 0.15) is 5.82 Å². The highest BCUT2D eigenvalue weighted by atomic mass is 19.1. The Balaban J connectivity index is 2.21. The van der Waals surface area contributed by atoms with Crippen LogP contribution in [0, 0.1) is 12.7 Å². The summed E-state index contributed by atoms with van der Waals surface area (Å²) in [6.07, 6.45) is 0. The van der Waals surface area contributed by atoms with E-state index in [1.54, 1.807) is 12.1 Å². The molecule has 0 unspecified atom stereocenters. The maximum absolute atomic E-state index is 13.0. The van der Waals surface area contributed by atoms with E-state index in [9.17, 15) is 9.18 Å². The third kappa shape index (κ3) is 3.05. The lowest BCUT2D eigenvalue weighted by atomic mass is 9.83. The van der Waals surface area contributed by atoms with Gasteiger partial charge in [0.25, 0.3) is 0 Å². The molecule has 2 nitrogen and oxygen atoms in total. The predicted octanol–water partition coefficient (Wildman–Crippen LogP) is 4.05. The monoisotopic (exact) mass is 271 g/mol. The number of hydrogen-bond donors (Lipinski definition) is 1. The van der Waals surface area contributed by atoms with E-state index in [0.29, 0.717) is 0 Å². The van der Waals surface area contributed by atoms with Gasteiger partial charge in [-0.1, -0.05) is 24.3 Å². The number of halogens is 1. The Hall–Kier alpha value is -2.16. The summed E-state index contributed by atoms with van der Waals surface area (Å²) in [4.78, 5) is 12.4. The summed E-state index contributed by atoms with van der Waals surface area (Å²) in [5.41, 5.74) is 1.91. The van der Waals surface area contributed by atoms with Crippen molar-refractivity contribution in [3.05, 3.63) is 65.5 Å². The van der Waals surface area contributed by atoms with Crippen LogP contribution in [0.1, 0.15) is 25.0 Å². The van der Waals surface area contributed by atoms with Gasteiger partial charge in [-0.25, -0.2) is 4.39 Å². The summed E-state index contributed by atoms with van der Waals surface area (Å²) in [5, 5.41) is 2.90. The standard InChI is InChI=1S/C17H18FNO/c1-12-5-4-6-15(11-12)19-16(20)17(2,3)13-7-9-14(18)10-8-13/h4-11H,1-3H3,(H,19,20). The number of nitrogens with one attached hydrogen (secondary N) is 1. The number of aryl methyl sites for hydroxylation is 1. The van der Waals surface area contributed by atoms with Gasteiger partial charge in [-0.2, -0.15) is 0 Å². The topological polar surface area (TPSA) is 29.1 Å². The molecule has 104 valence electrons. The summed E-state index contributed by atoms with van der Waals surface area (Å²) in [6, 6.07) is 13.7. The molecule has 2 rings (SSSR count). The van der Waals surface area contributed by atoms with E-state index in [1.165, 1.54) is 12.1 Å². The fourth-order valence-corrected chi connectivity index (χ4v) is 2.01. The van der Waals surface area contributed by atoms with E-state index in [4.69, 9.17) is 0 Å². The van der Waals surface area contributed by atoms with Gasteiger partial charge in [-0.3, -0.25) is 4.79 Å². The average molecular weight is 271 g/mol. The molecular weight excluding hydrogens is 253 g/mol. The Labute approximate surface area is 118 Å². The molecule has 2 aromatic rings. The van der Waals surface area contributed by atoms with Crippen LogP contribution in [-0.4, -0.2) is 5.91 Å². The number of hydrogen-bond acceptors (Lipinski definition) is 1. The van der Waals surface area contributed by atoms with Gasteiger partial charge in [0.05, 0.1) is 5.41 Å². The third-order valence-corrected chi connectivity index (χ3v) is 3.41. The number of rotatable bonds is 3. The normalized spacial score (nSPS) is 11.2. The molecule has 1 amide bonds. The zero-order chi connectivity index (χ0) is 14.8. The largest absolute Gasteiger partial charge is 0.325 e. The predicted molar refractivity (Wildman–Crippen MR) is 79.2 cm³/mol. The zero-order valence-corrected chi connectivity index (χ0v) is 11.9. The molecule has 20 heavy (non-hydrogen) atoms. The summed E-state index contributed by atoms with van der Waals surface area (Å²) in [7, 11) is 0. The van der Waals surface area contributed by atoms with E-state index in [-0.39, 0.29) is 11.7 Å². The average Bonchev–Trinajstić information content (AvgIpc) is 2.39. The molecule has 0 atom stereocenters. The maximum atomic E-state index is 13.0. The minimum atomic E-state index is -0.725.